The quantitative estimate of drug-likeness (QED) is 0.568. The molecule has 0 aromatic carbocycles. The van der Waals surface area contributed by atoms with Gasteiger partial charge in [0.05, 0.1) is 0 Å². The molecule has 0 aliphatic carbocycles. The number of carboxylic acids is 2. The van der Waals surface area contributed by atoms with Crippen LogP contribution in [0.25, 0.3) is 0 Å². The van der Waals surface area contributed by atoms with Gasteiger partial charge in [-0.15, -0.1) is 0 Å². The molecule has 15 heavy (non-hydrogen) atoms. The van der Waals surface area contributed by atoms with Crippen molar-refractivity contribution in [2.75, 3.05) is 0 Å². The van der Waals surface area contributed by atoms with Crippen LogP contribution in [-0.4, -0.2) is 11.9 Å². The van der Waals surface area contributed by atoms with Gasteiger partial charge in [-0.1, -0.05) is 41.5 Å². The largest absolute Gasteiger partial charge is 2.00 e. The van der Waals surface area contributed by atoms with Crippen LogP contribution in [0.15, 0.2) is 0 Å². The second kappa shape index (κ2) is 6.97. The third kappa shape index (κ3) is 13.6. The Bertz CT molecular complexity index is 186. The summed E-state index contributed by atoms with van der Waals surface area (Å²) in [5.74, 6) is -2.01. The van der Waals surface area contributed by atoms with Gasteiger partial charge in [-0.25, -0.2) is 0 Å². The van der Waals surface area contributed by atoms with Crippen molar-refractivity contribution in [3.8, 4) is 0 Å². The van der Waals surface area contributed by atoms with Gasteiger partial charge in [0, 0.05) is 22.8 Å². The Morgan fingerprint density at radius 2 is 0.800 bits per heavy atom. The molecule has 0 fully saturated rings. The van der Waals surface area contributed by atoms with E-state index < -0.39 is 22.8 Å². The third-order valence-corrected chi connectivity index (χ3v) is 1.22. The maximum absolute atomic E-state index is 9.91. The molecule has 0 unspecified atom stereocenters. The number of hydrogen-bond acceptors (Lipinski definition) is 4. The molecule has 0 aliphatic heterocycles. The molecule has 0 heterocycles. The normalized spacial score (nSPS) is 10.5. The zero-order valence-electron chi connectivity index (χ0n) is 9.95. The van der Waals surface area contributed by atoms with Crippen LogP contribution >= 0.6 is 0 Å². The summed E-state index contributed by atoms with van der Waals surface area (Å²) in [5, 5.41) is 19.8. The molecule has 0 N–H and O–H groups in total. The van der Waals surface area contributed by atoms with Crippen LogP contribution in [-0.2, 0) is 30.0 Å². The first kappa shape index (κ1) is 20.1. The fraction of sp³-hybridized carbons (Fsp3) is 0.800. The van der Waals surface area contributed by atoms with Crippen molar-refractivity contribution in [3.63, 3.8) is 0 Å². The van der Waals surface area contributed by atoms with Gasteiger partial charge in [0.1, 0.15) is 0 Å². The zero-order valence-corrected chi connectivity index (χ0v) is 11.5. The van der Waals surface area contributed by atoms with E-state index in [1.165, 1.54) is 0 Å². The number of hydrogen-bond donors (Lipinski definition) is 0. The molecule has 92 valence electrons. The fourth-order valence-corrected chi connectivity index (χ4v) is 0. The van der Waals surface area contributed by atoms with Crippen molar-refractivity contribution >= 4 is 11.9 Å². The summed E-state index contributed by atoms with van der Waals surface area (Å²) in [5.41, 5.74) is -1.39. The van der Waals surface area contributed by atoms with Crippen LogP contribution in [0.1, 0.15) is 41.5 Å². The van der Waals surface area contributed by atoms with E-state index in [0.717, 1.165) is 0 Å². The molecule has 0 radical (unpaired) electrons. The molecule has 0 bridgehead atoms. The summed E-state index contributed by atoms with van der Waals surface area (Å²) in [7, 11) is 0. The van der Waals surface area contributed by atoms with E-state index in [1.807, 2.05) is 0 Å². The minimum atomic E-state index is -1.01. The van der Waals surface area contributed by atoms with Crippen molar-refractivity contribution in [2.24, 2.45) is 10.8 Å². The summed E-state index contributed by atoms with van der Waals surface area (Å²) in [6.07, 6.45) is 0. The van der Waals surface area contributed by atoms with Gasteiger partial charge in [0.15, 0.2) is 0 Å². The number of rotatable bonds is 0. The van der Waals surface area contributed by atoms with Gasteiger partial charge in [-0.05, 0) is 0 Å². The Kier molecular flexibility index (Phi) is 9.33. The van der Waals surface area contributed by atoms with Gasteiger partial charge < -0.3 is 19.8 Å². The summed E-state index contributed by atoms with van der Waals surface area (Å²) in [6.45, 7) is 9.60. The molecule has 0 atom stereocenters. The first-order valence-corrected chi connectivity index (χ1v) is 4.32. The number of carboxylic acid groups (broad SMARTS) is 2. The van der Waals surface area contributed by atoms with Crippen LogP contribution in [0, 0.1) is 10.8 Å². The van der Waals surface area contributed by atoms with Crippen molar-refractivity contribution in [1.82, 2.24) is 0 Å². The smallest absolute Gasteiger partial charge is 0.550 e. The predicted octanol–water partition coefficient (Wildman–Crippen LogP) is -0.438. The summed E-state index contributed by atoms with van der Waals surface area (Å²) in [6, 6.07) is 0. The maximum atomic E-state index is 9.91. The molecule has 5 heteroatoms. The standard InChI is InChI=1S/2C5H10O2.Pd/c2*1-5(2,3)4(6)7;/h2*1-3H3,(H,6,7);/q;;+2/p-2. The van der Waals surface area contributed by atoms with Crippen LogP contribution < -0.4 is 10.2 Å². The average Bonchev–Trinajstić information content (AvgIpc) is 1.83. The van der Waals surface area contributed by atoms with Crippen molar-refractivity contribution in [1.29, 1.82) is 0 Å². The van der Waals surface area contributed by atoms with Gasteiger partial charge in [-0.2, -0.15) is 0 Å². The van der Waals surface area contributed by atoms with E-state index >= 15 is 0 Å². The van der Waals surface area contributed by atoms with Gasteiger partial charge in [0.2, 0.25) is 0 Å². The Labute approximate surface area is 105 Å². The molecule has 0 aromatic rings. The third-order valence-electron chi connectivity index (χ3n) is 1.22. The summed E-state index contributed by atoms with van der Waals surface area (Å²) in [4.78, 5) is 19.8. The number of carbonyl (C=O) groups is 2. The van der Waals surface area contributed by atoms with E-state index in [0.29, 0.717) is 0 Å². The molecule has 0 aromatic heterocycles. The fourth-order valence-electron chi connectivity index (χ4n) is 0. The van der Waals surface area contributed by atoms with E-state index in [2.05, 4.69) is 0 Å². The van der Waals surface area contributed by atoms with E-state index in [-0.39, 0.29) is 20.4 Å². The molecule has 0 saturated heterocycles. The van der Waals surface area contributed by atoms with Crippen LogP contribution in [0.5, 0.6) is 0 Å². The molecule has 0 spiro atoms. The average molecular weight is 309 g/mol. The molecular formula is C10H18O4Pd. The molecule has 0 aliphatic rings. The number of carbonyl (C=O) groups excluding carboxylic acids is 2. The summed E-state index contributed by atoms with van der Waals surface area (Å²) < 4.78 is 0. The van der Waals surface area contributed by atoms with Crippen molar-refractivity contribution in [2.45, 2.75) is 41.5 Å². The Balaban J connectivity index is -0.000000180. The minimum absolute atomic E-state index is 0. The zero-order chi connectivity index (χ0) is 12.2. The molecule has 4 nitrogen and oxygen atoms in total. The second-order valence-electron chi connectivity index (χ2n) is 5.07. The Morgan fingerprint density at radius 1 is 0.733 bits per heavy atom. The van der Waals surface area contributed by atoms with Gasteiger partial charge in [0.25, 0.3) is 0 Å². The van der Waals surface area contributed by atoms with Crippen LogP contribution in [0.3, 0.4) is 0 Å². The Hall–Kier alpha value is -0.398. The molecule has 0 saturated carbocycles. The van der Waals surface area contributed by atoms with Crippen molar-refractivity contribution in [3.05, 3.63) is 0 Å². The van der Waals surface area contributed by atoms with Crippen LogP contribution in [0.2, 0.25) is 0 Å². The summed E-state index contributed by atoms with van der Waals surface area (Å²) >= 11 is 0. The van der Waals surface area contributed by atoms with E-state index in [1.54, 1.807) is 41.5 Å². The first-order valence-electron chi connectivity index (χ1n) is 4.32. The van der Waals surface area contributed by atoms with E-state index in [4.69, 9.17) is 0 Å². The topological polar surface area (TPSA) is 80.3 Å². The van der Waals surface area contributed by atoms with Crippen LogP contribution in [0.4, 0.5) is 0 Å². The van der Waals surface area contributed by atoms with E-state index in [9.17, 15) is 19.8 Å². The molecule has 0 amide bonds. The maximum Gasteiger partial charge on any atom is 2.00 e. The molecular weight excluding hydrogens is 291 g/mol. The monoisotopic (exact) mass is 308 g/mol. The van der Waals surface area contributed by atoms with Gasteiger partial charge in [-0.3, -0.25) is 0 Å². The Morgan fingerprint density at radius 3 is 0.800 bits per heavy atom. The predicted molar refractivity (Wildman–Crippen MR) is 48.9 cm³/mol. The van der Waals surface area contributed by atoms with Crippen molar-refractivity contribution < 1.29 is 40.2 Å². The first-order chi connectivity index (χ1) is 5.89. The van der Waals surface area contributed by atoms with Gasteiger partial charge >= 0.3 is 20.4 Å². The SMILES string of the molecule is CC(C)(C)C(=O)[O-].CC(C)(C)C(=O)[O-].[Pd+2]. The number of aliphatic carboxylic acids is 2. The minimum Gasteiger partial charge on any atom is -0.550 e. The molecule has 0 rings (SSSR count). The second-order valence-corrected chi connectivity index (χ2v) is 5.07.